The van der Waals surface area contributed by atoms with Gasteiger partial charge in [0.15, 0.2) is 5.96 Å². The first-order valence-corrected chi connectivity index (χ1v) is 8.03. The Morgan fingerprint density at radius 1 is 1.23 bits per heavy atom. The van der Waals surface area contributed by atoms with Gasteiger partial charge in [0.25, 0.3) is 0 Å². The highest BCUT2D eigenvalue weighted by Crippen LogP contribution is 2.33. The number of halogens is 4. The SMILES string of the molecule is CCNC(=NCC(C)(C)OC)NCCNc1ncccc1C(F)(F)F.I. The van der Waals surface area contributed by atoms with E-state index in [1.807, 2.05) is 20.8 Å². The highest BCUT2D eigenvalue weighted by atomic mass is 127. The van der Waals surface area contributed by atoms with Gasteiger partial charge in [-0.1, -0.05) is 0 Å². The zero-order valence-electron chi connectivity index (χ0n) is 15.4. The molecular weight excluding hydrogens is 462 g/mol. The molecule has 6 nitrogen and oxygen atoms in total. The van der Waals surface area contributed by atoms with E-state index in [1.165, 1.54) is 12.3 Å². The highest BCUT2D eigenvalue weighted by molar-refractivity contribution is 14.0. The lowest BCUT2D eigenvalue weighted by Crippen LogP contribution is -2.41. The molecule has 0 aliphatic rings. The number of guanidine groups is 1. The van der Waals surface area contributed by atoms with Crippen LogP contribution in [0, 0.1) is 0 Å². The number of aliphatic imine (C=N–C) groups is 1. The van der Waals surface area contributed by atoms with Crippen LogP contribution in [-0.2, 0) is 10.9 Å². The zero-order valence-corrected chi connectivity index (χ0v) is 17.7. The highest BCUT2D eigenvalue weighted by Gasteiger charge is 2.33. The van der Waals surface area contributed by atoms with Gasteiger partial charge in [-0.25, -0.2) is 4.98 Å². The molecule has 0 saturated carbocycles. The van der Waals surface area contributed by atoms with Crippen LogP contribution >= 0.6 is 24.0 Å². The summed E-state index contributed by atoms with van der Waals surface area (Å²) in [7, 11) is 1.62. The number of alkyl halides is 3. The average molecular weight is 489 g/mol. The molecule has 0 atom stereocenters. The summed E-state index contributed by atoms with van der Waals surface area (Å²) in [5, 5.41) is 8.83. The van der Waals surface area contributed by atoms with E-state index in [0.717, 1.165) is 6.07 Å². The van der Waals surface area contributed by atoms with E-state index in [-0.39, 0.29) is 36.3 Å². The number of nitrogens with zero attached hydrogens (tertiary/aromatic N) is 2. The Bertz CT molecular complexity index is 567. The van der Waals surface area contributed by atoms with E-state index >= 15 is 0 Å². The number of aromatic nitrogens is 1. The smallest absolute Gasteiger partial charge is 0.377 e. The summed E-state index contributed by atoms with van der Waals surface area (Å²) in [6, 6.07) is 2.26. The number of hydrogen-bond donors (Lipinski definition) is 3. The molecule has 0 bridgehead atoms. The second-order valence-corrected chi connectivity index (χ2v) is 5.91. The van der Waals surface area contributed by atoms with Gasteiger partial charge in [0.05, 0.1) is 17.7 Å². The molecule has 0 aliphatic heterocycles. The molecule has 1 rings (SSSR count). The Morgan fingerprint density at radius 3 is 2.50 bits per heavy atom. The van der Waals surface area contributed by atoms with Crippen LogP contribution in [0.1, 0.15) is 26.3 Å². The van der Waals surface area contributed by atoms with Gasteiger partial charge in [-0.05, 0) is 32.9 Å². The summed E-state index contributed by atoms with van der Waals surface area (Å²) in [5.74, 6) is 0.394. The molecule has 1 heterocycles. The van der Waals surface area contributed by atoms with Gasteiger partial charge in [-0.2, -0.15) is 13.2 Å². The second kappa shape index (κ2) is 11.4. The number of pyridine rings is 1. The maximum atomic E-state index is 12.9. The van der Waals surface area contributed by atoms with Crippen LogP contribution in [0.4, 0.5) is 19.0 Å². The molecule has 150 valence electrons. The third-order valence-corrected chi connectivity index (χ3v) is 3.34. The van der Waals surface area contributed by atoms with Crippen LogP contribution < -0.4 is 16.0 Å². The molecule has 10 heteroatoms. The molecule has 0 amide bonds. The van der Waals surface area contributed by atoms with Gasteiger partial charge in [-0.3, -0.25) is 4.99 Å². The van der Waals surface area contributed by atoms with Gasteiger partial charge in [0.2, 0.25) is 0 Å². The predicted octanol–water partition coefficient (Wildman–Crippen LogP) is 3.11. The molecule has 26 heavy (non-hydrogen) atoms. The van der Waals surface area contributed by atoms with Gasteiger partial charge in [0.1, 0.15) is 5.82 Å². The van der Waals surface area contributed by atoms with Crippen molar-refractivity contribution in [3.8, 4) is 0 Å². The van der Waals surface area contributed by atoms with E-state index in [4.69, 9.17) is 4.74 Å². The van der Waals surface area contributed by atoms with Crippen molar-refractivity contribution in [1.29, 1.82) is 0 Å². The van der Waals surface area contributed by atoms with Crippen molar-refractivity contribution >= 4 is 35.8 Å². The van der Waals surface area contributed by atoms with Crippen LogP contribution in [0.25, 0.3) is 0 Å². The molecule has 1 aromatic heterocycles. The number of ether oxygens (including phenoxy) is 1. The number of anilines is 1. The first-order chi connectivity index (χ1) is 11.7. The Hall–Kier alpha value is -1.30. The van der Waals surface area contributed by atoms with Gasteiger partial charge in [-0.15, -0.1) is 24.0 Å². The number of hydrogen-bond acceptors (Lipinski definition) is 4. The van der Waals surface area contributed by atoms with Gasteiger partial charge >= 0.3 is 6.18 Å². The first kappa shape index (κ1) is 24.7. The summed E-state index contributed by atoms with van der Waals surface area (Å²) in [5.41, 5.74) is -1.17. The standard InChI is InChI=1S/C16H26F3N5O.HI/c1-5-20-14(24-11-15(2,3)25-4)23-10-9-22-13-12(16(17,18)19)7-6-8-21-13;/h6-8H,5,9-11H2,1-4H3,(H,21,22)(H2,20,23,24);1H. The largest absolute Gasteiger partial charge is 0.419 e. The minimum Gasteiger partial charge on any atom is -0.377 e. The van der Waals surface area contributed by atoms with Crippen LogP contribution in [0.15, 0.2) is 23.3 Å². The van der Waals surface area contributed by atoms with Crippen molar-refractivity contribution in [2.45, 2.75) is 32.5 Å². The molecule has 0 saturated heterocycles. The number of methoxy groups -OCH3 is 1. The molecule has 0 unspecified atom stereocenters. The lowest BCUT2D eigenvalue weighted by Gasteiger charge is -2.21. The minimum atomic E-state index is -4.44. The summed E-state index contributed by atoms with van der Waals surface area (Å²) >= 11 is 0. The number of nitrogens with one attached hydrogen (secondary N) is 3. The summed E-state index contributed by atoms with van der Waals surface area (Å²) in [4.78, 5) is 8.16. The lowest BCUT2D eigenvalue weighted by atomic mass is 10.1. The summed E-state index contributed by atoms with van der Waals surface area (Å²) in [6.07, 6.45) is -3.12. The fraction of sp³-hybridized carbons (Fsp3) is 0.625. The van der Waals surface area contributed by atoms with Crippen molar-refractivity contribution in [3.05, 3.63) is 23.9 Å². The Balaban J connectivity index is 0.00000625. The van der Waals surface area contributed by atoms with Crippen LogP contribution in [-0.4, -0.2) is 49.8 Å². The van der Waals surface area contributed by atoms with Crippen LogP contribution in [0.2, 0.25) is 0 Å². The lowest BCUT2D eigenvalue weighted by molar-refractivity contribution is -0.137. The van der Waals surface area contributed by atoms with E-state index < -0.39 is 17.3 Å². The molecule has 0 fully saturated rings. The quantitative estimate of drug-likeness (QED) is 0.227. The van der Waals surface area contributed by atoms with Crippen molar-refractivity contribution in [2.75, 3.05) is 38.6 Å². The average Bonchev–Trinajstić information content (AvgIpc) is 2.56. The molecule has 0 spiro atoms. The molecule has 0 radical (unpaired) electrons. The van der Waals surface area contributed by atoms with Gasteiger partial charge in [0, 0.05) is 32.9 Å². The van der Waals surface area contributed by atoms with E-state index in [2.05, 4.69) is 25.9 Å². The Morgan fingerprint density at radius 2 is 1.92 bits per heavy atom. The molecule has 3 N–H and O–H groups in total. The zero-order chi connectivity index (χ0) is 18.9. The topological polar surface area (TPSA) is 70.6 Å². The van der Waals surface area contributed by atoms with E-state index in [9.17, 15) is 13.2 Å². The summed E-state index contributed by atoms with van der Waals surface area (Å²) < 4.78 is 44.0. The van der Waals surface area contributed by atoms with Crippen LogP contribution in [0.3, 0.4) is 0 Å². The monoisotopic (exact) mass is 489 g/mol. The fourth-order valence-corrected chi connectivity index (χ4v) is 1.81. The molecule has 1 aromatic rings. The van der Waals surface area contributed by atoms with Crippen molar-refractivity contribution in [1.82, 2.24) is 15.6 Å². The van der Waals surface area contributed by atoms with E-state index in [0.29, 0.717) is 25.6 Å². The van der Waals surface area contributed by atoms with Crippen molar-refractivity contribution in [3.63, 3.8) is 0 Å². The normalized spacial score (nSPS) is 12.3. The summed E-state index contributed by atoms with van der Waals surface area (Å²) in [6.45, 7) is 7.53. The molecule has 0 aromatic carbocycles. The van der Waals surface area contributed by atoms with E-state index in [1.54, 1.807) is 7.11 Å². The van der Waals surface area contributed by atoms with Crippen molar-refractivity contribution < 1.29 is 17.9 Å². The molecular formula is C16H27F3IN5O. The Kier molecular flexibility index (Phi) is 10.8. The fourth-order valence-electron chi connectivity index (χ4n) is 1.81. The third-order valence-electron chi connectivity index (χ3n) is 3.34. The number of rotatable bonds is 8. The van der Waals surface area contributed by atoms with Crippen molar-refractivity contribution in [2.24, 2.45) is 4.99 Å². The predicted molar refractivity (Wildman–Crippen MR) is 108 cm³/mol. The maximum absolute atomic E-state index is 12.9. The maximum Gasteiger partial charge on any atom is 0.419 e. The minimum absolute atomic E-state index is 0. The van der Waals surface area contributed by atoms with Crippen LogP contribution in [0.5, 0.6) is 0 Å². The first-order valence-electron chi connectivity index (χ1n) is 8.03. The van der Waals surface area contributed by atoms with Gasteiger partial charge < -0.3 is 20.7 Å². The second-order valence-electron chi connectivity index (χ2n) is 5.91. The Labute approximate surface area is 169 Å². The third kappa shape index (κ3) is 8.88. The molecule has 0 aliphatic carbocycles.